The number of nitrogens with one attached hydrogen (secondary N) is 2. The van der Waals surface area contributed by atoms with Gasteiger partial charge in [-0.2, -0.15) is 4.98 Å². The van der Waals surface area contributed by atoms with Crippen LogP contribution in [0.3, 0.4) is 0 Å². The minimum absolute atomic E-state index is 0.108. The molecule has 4 fully saturated rings. The Morgan fingerprint density at radius 2 is 1.95 bits per heavy atom. The van der Waals surface area contributed by atoms with Crippen molar-refractivity contribution in [3.8, 4) is 0 Å². The fourth-order valence-electron chi connectivity index (χ4n) is 7.42. The minimum Gasteiger partial charge on any atom is -0.368 e. The molecule has 1 unspecified atom stereocenters. The topological polar surface area (TPSA) is 76.6 Å². The molecule has 9 heteroatoms. The van der Waals surface area contributed by atoms with Crippen LogP contribution in [0.5, 0.6) is 0 Å². The highest BCUT2D eigenvalue weighted by Gasteiger charge is 2.55. The molecule has 1 amide bonds. The fraction of sp³-hybridized carbons (Fsp3) is 0.607. The zero-order valence-corrected chi connectivity index (χ0v) is 21.8. The van der Waals surface area contributed by atoms with Gasteiger partial charge in [0.2, 0.25) is 11.9 Å². The average molecular weight is 506 g/mol. The summed E-state index contributed by atoms with van der Waals surface area (Å²) in [5.41, 5.74) is 2.11. The van der Waals surface area contributed by atoms with E-state index in [1.54, 1.807) is 6.07 Å². The Morgan fingerprint density at radius 1 is 1.16 bits per heavy atom. The first-order valence-electron chi connectivity index (χ1n) is 13.9. The maximum Gasteiger partial charge on any atom is 0.246 e. The highest BCUT2D eigenvalue weighted by molar-refractivity contribution is 5.94. The lowest BCUT2D eigenvalue weighted by molar-refractivity contribution is -0.123. The molecule has 3 saturated heterocycles. The van der Waals surface area contributed by atoms with Crippen LogP contribution in [0.1, 0.15) is 51.5 Å². The standard InChI is InChI=1S/C28H36FN7O/c1-18(2)34-14-27(15-34)16-35(17-27)23-8-7-20(11-22(23)29)32-26-31-13-19-12-28(9-10-30-25(28)37)36(24(19)33-26)21-5-3-4-6-21/h7-8,11,13,18,21H,3-6,9-10,12,14-17H2,1-2H3,(H,30,37)(H,31,32,33). The number of aromatic nitrogens is 2. The van der Waals surface area contributed by atoms with Crippen molar-refractivity contribution in [3.63, 3.8) is 0 Å². The monoisotopic (exact) mass is 505 g/mol. The number of carbonyl (C=O) groups excluding carboxylic acids is 1. The number of fused-ring (bicyclic) bond motifs is 1. The summed E-state index contributed by atoms with van der Waals surface area (Å²) in [4.78, 5) is 29.4. The molecule has 1 aliphatic carbocycles. The first-order valence-corrected chi connectivity index (χ1v) is 13.9. The number of hydrogen-bond acceptors (Lipinski definition) is 7. The van der Waals surface area contributed by atoms with Crippen molar-refractivity contribution < 1.29 is 9.18 Å². The molecular weight excluding hydrogens is 469 g/mol. The predicted molar refractivity (Wildman–Crippen MR) is 142 cm³/mol. The Bertz CT molecular complexity index is 1230. The number of nitrogens with zero attached hydrogens (tertiary/aromatic N) is 5. The summed E-state index contributed by atoms with van der Waals surface area (Å²) in [5.74, 6) is 1.18. The summed E-state index contributed by atoms with van der Waals surface area (Å²) in [6, 6.07) is 6.21. The van der Waals surface area contributed by atoms with Crippen molar-refractivity contribution in [3.05, 3.63) is 35.8 Å². The van der Waals surface area contributed by atoms with Gasteiger partial charge in [0, 0.05) is 74.1 Å². The molecule has 2 N–H and O–H groups in total. The van der Waals surface area contributed by atoms with E-state index in [0.29, 0.717) is 47.8 Å². The van der Waals surface area contributed by atoms with E-state index < -0.39 is 5.54 Å². The van der Waals surface area contributed by atoms with Gasteiger partial charge >= 0.3 is 0 Å². The van der Waals surface area contributed by atoms with Crippen molar-refractivity contribution in [2.24, 2.45) is 5.41 Å². The largest absolute Gasteiger partial charge is 0.368 e. The first kappa shape index (κ1) is 23.2. The lowest BCUT2D eigenvalue weighted by Gasteiger charge is -2.62. The average Bonchev–Trinajstić information content (AvgIpc) is 3.52. The van der Waals surface area contributed by atoms with Crippen molar-refractivity contribution in [1.82, 2.24) is 20.2 Å². The molecule has 0 radical (unpaired) electrons. The predicted octanol–water partition coefficient (Wildman–Crippen LogP) is 3.45. The van der Waals surface area contributed by atoms with Crippen LogP contribution in [0.2, 0.25) is 0 Å². The van der Waals surface area contributed by atoms with E-state index in [2.05, 4.69) is 44.2 Å². The van der Waals surface area contributed by atoms with Crippen molar-refractivity contribution in [2.75, 3.05) is 47.8 Å². The van der Waals surface area contributed by atoms with Crippen LogP contribution in [-0.4, -0.2) is 71.1 Å². The zero-order chi connectivity index (χ0) is 25.4. The molecule has 5 aliphatic rings. The summed E-state index contributed by atoms with van der Waals surface area (Å²) < 4.78 is 15.1. The number of anilines is 4. The van der Waals surface area contributed by atoms with Gasteiger partial charge in [0.05, 0.1) is 5.69 Å². The second kappa shape index (κ2) is 8.28. The highest BCUT2D eigenvalue weighted by atomic mass is 19.1. The molecule has 1 atom stereocenters. The first-order chi connectivity index (χ1) is 17.9. The molecule has 2 aromatic rings. The van der Waals surface area contributed by atoms with Crippen LogP contribution >= 0.6 is 0 Å². The van der Waals surface area contributed by atoms with Gasteiger partial charge in [0.15, 0.2) is 0 Å². The van der Waals surface area contributed by atoms with Gasteiger partial charge in [-0.1, -0.05) is 12.8 Å². The van der Waals surface area contributed by atoms with Crippen LogP contribution in [0.15, 0.2) is 24.4 Å². The maximum atomic E-state index is 15.1. The molecule has 196 valence electrons. The molecule has 5 heterocycles. The van der Waals surface area contributed by atoms with E-state index in [0.717, 1.165) is 56.8 Å². The smallest absolute Gasteiger partial charge is 0.246 e. The lowest BCUT2D eigenvalue weighted by Crippen LogP contribution is -2.73. The van der Waals surface area contributed by atoms with Crippen LogP contribution in [0.4, 0.5) is 27.5 Å². The summed E-state index contributed by atoms with van der Waals surface area (Å²) in [7, 11) is 0. The summed E-state index contributed by atoms with van der Waals surface area (Å²) in [5, 5.41) is 6.27. The molecular formula is C28H36FN7O. The molecule has 1 aromatic heterocycles. The van der Waals surface area contributed by atoms with Gasteiger partial charge in [0.1, 0.15) is 17.2 Å². The summed E-state index contributed by atoms with van der Waals surface area (Å²) >= 11 is 0. The Kier molecular flexibility index (Phi) is 5.19. The Morgan fingerprint density at radius 3 is 2.62 bits per heavy atom. The normalized spacial score (nSPS) is 26.6. The lowest BCUT2D eigenvalue weighted by atomic mass is 9.72. The van der Waals surface area contributed by atoms with Gasteiger partial charge in [-0.3, -0.25) is 9.69 Å². The van der Waals surface area contributed by atoms with Crippen LogP contribution in [0.25, 0.3) is 0 Å². The highest BCUT2D eigenvalue weighted by Crippen LogP contribution is 2.46. The molecule has 7 rings (SSSR count). The van der Waals surface area contributed by atoms with Gasteiger partial charge in [-0.25, -0.2) is 9.37 Å². The maximum absolute atomic E-state index is 15.1. The van der Waals surface area contributed by atoms with Crippen LogP contribution in [0, 0.1) is 11.2 Å². The molecule has 0 bridgehead atoms. The third kappa shape index (κ3) is 3.60. The van der Waals surface area contributed by atoms with E-state index >= 15 is 4.39 Å². The van der Waals surface area contributed by atoms with E-state index in [1.165, 1.54) is 12.8 Å². The number of benzene rings is 1. The molecule has 37 heavy (non-hydrogen) atoms. The summed E-state index contributed by atoms with van der Waals surface area (Å²) in [6.45, 7) is 9.22. The van der Waals surface area contributed by atoms with Crippen LogP contribution in [-0.2, 0) is 11.2 Å². The van der Waals surface area contributed by atoms with Gasteiger partial charge in [0.25, 0.3) is 0 Å². The molecule has 1 saturated carbocycles. The fourth-order valence-corrected chi connectivity index (χ4v) is 7.42. The quantitative estimate of drug-likeness (QED) is 0.645. The number of amides is 1. The minimum atomic E-state index is -0.542. The van der Waals surface area contributed by atoms with Gasteiger partial charge in [-0.05, 0) is 51.3 Å². The van der Waals surface area contributed by atoms with Crippen molar-refractivity contribution >= 4 is 29.0 Å². The molecule has 2 spiro atoms. The van der Waals surface area contributed by atoms with Crippen molar-refractivity contribution in [2.45, 2.75) is 70.0 Å². The number of hydrogen-bond donors (Lipinski definition) is 2. The molecule has 1 aromatic carbocycles. The van der Waals surface area contributed by atoms with E-state index in [4.69, 9.17) is 4.98 Å². The molecule has 8 nitrogen and oxygen atoms in total. The van der Waals surface area contributed by atoms with Gasteiger partial charge < -0.3 is 20.4 Å². The Labute approximate surface area is 217 Å². The molecule has 4 aliphatic heterocycles. The van der Waals surface area contributed by atoms with E-state index in [9.17, 15) is 4.79 Å². The summed E-state index contributed by atoms with van der Waals surface area (Å²) in [6.07, 6.45) is 7.83. The second-order valence-electron chi connectivity index (χ2n) is 12.2. The third-order valence-corrected chi connectivity index (χ3v) is 9.35. The van der Waals surface area contributed by atoms with Gasteiger partial charge in [-0.15, -0.1) is 0 Å². The number of rotatable bonds is 5. The Balaban J connectivity index is 1.08. The SMILES string of the molecule is CC(C)N1CC2(CN(c3ccc(Nc4ncc5c(n4)N(C4CCCC4)C4(CCNC4=O)C5)cc3F)C2)C1. The zero-order valence-electron chi connectivity index (χ0n) is 21.8. The Hall–Kier alpha value is -2.94. The van der Waals surface area contributed by atoms with E-state index in [-0.39, 0.29) is 11.7 Å². The number of halogens is 1. The third-order valence-electron chi connectivity index (χ3n) is 9.35. The van der Waals surface area contributed by atoms with E-state index in [1.807, 2.05) is 18.3 Å². The number of carbonyl (C=O) groups is 1. The number of likely N-dealkylation sites (tertiary alicyclic amines) is 1. The second-order valence-corrected chi connectivity index (χ2v) is 12.2. The van der Waals surface area contributed by atoms with Crippen LogP contribution < -0.4 is 20.4 Å². The van der Waals surface area contributed by atoms with Crippen molar-refractivity contribution in [1.29, 1.82) is 0 Å².